The topological polar surface area (TPSA) is 58.9 Å². The second-order valence-electron chi connectivity index (χ2n) is 7.70. The molecule has 4 nitrogen and oxygen atoms in total. The van der Waals surface area contributed by atoms with Crippen LogP contribution in [0.5, 0.6) is 0 Å². The van der Waals surface area contributed by atoms with Crippen molar-refractivity contribution < 1.29 is 5.11 Å². The molecule has 0 aliphatic rings. The van der Waals surface area contributed by atoms with E-state index in [0.29, 0.717) is 5.92 Å². The van der Waals surface area contributed by atoms with E-state index in [1.807, 2.05) is 27.7 Å². The quantitative estimate of drug-likeness (QED) is 0.535. The molecule has 2 heterocycles. The normalized spacial score (nSPS) is 12.6. The van der Waals surface area contributed by atoms with Crippen LogP contribution < -0.4 is 0 Å². The highest BCUT2D eigenvalue weighted by atomic mass is 16.3. The lowest BCUT2D eigenvalue weighted by Crippen LogP contribution is -2.10. The standard InChI is InChI=1S/C24H35N3O.C2H6/c1-8-18(16(6)13-14-28)23-17(7)25-24(21(10-3)27-23)19-11-12-22(15(4)5)26-20(19)9-2;1-2/h8,11-12,15-16,28H,9-10,13-14H2,1-7H3;1-2H3/b18-8-;. The molecule has 166 valence electrons. The Morgan fingerprint density at radius 2 is 1.63 bits per heavy atom. The highest BCUT2D eigenvalue weighted by molar-refractivity contribution is 5.70. The van der Waals surface area contributed by atoms with Gasteiger partial charge in [0.25, 0.3) is 0 Å². The van der Waals surface area contributed by atoms with Crippen LogP contribution in [0, 0.1) is 12.8 Å². The third kappa shape index (κ3) is 5.98. The molecule has 2 aromatic heterocycles. The van der Waals surface area contributed by atoms with Gasteiger partial charge >= 0.3 is 0 Å². The van der Waals surface area contributed by atoms with Crippen LogP contribution in [-0.4, -0.2) is 26.7 Å². The summed E-state index contributed by atoms with van der Waals surface area (Å²) < 4.78 is 0. The highest BCUT2D eigenvalue weighted by Crippen LogP contribution is 2.31. The van der Waals surface area contributed by atoms with Gasteiger partial charge in [0.05, 0.1) is 22.8 Å². The minimum Gasteiger partial charge on any atom is -0.396 e. The third-order valence-electron chi connectivity index (χ3n) is 5.33. The Balaban J connectivity index is 0.00000218. The minimum absolute atomic E-state index is 0.178. The van der Waals surface area contributed by atoms with Crippen LogP contribution in [0.25, 0.3) is 16.8 Å². The van der Waals surface area contributed by atoms with E-state index < -0.39 is 0 Å². The van der Waals surface area contributed by atoms with Gasteiger partial charge in [-0.2, -0.15) is 0 Å². The first-order valence-corrected chi connectivity index (χ1v) is 11.5. The molecule has 0 spiro atoms. The first kappa shape index (κ1) is 26.0. The molecule has 30 heavy (non-hydrogen) atoms. The monoisotopic (exact) mass is 411 g/mol. The van der Waals surface area contributed by atoms with Crippen LogP contribution in [0.1, 0.15) is 96.2 Å². The fraction of sp³-hybridized carbons (Fsp3) is 0.577. The van der Waals surface area contributed by atoms with E-state index >= 15 is 0 Å². The molecule has 0 saturated heterocycles. The van der Waals surface area contributed by atoms with Gasteiger partial charge in [-0.25, -0.2) is 9.97 Å². The molecule has 0 amide bonds. The smallest absolute Gasteiger partial charge is 0.0939 e. The van der Waals surface area contributed by atoms with E-state index in [0.717, 1.165) is 64.6 Å². The number of aliphatic hydroxyl groups excluding tert-OH is 1. The van der Waals surface area contributed by atoms with E-state index in [4.69, 9.17) is 15.0 Å². The Hall–Kier alpha value is -2.07. The summed E-state index contributed by atoms with van der Waals surface area (Å²) in [6, 6.07) is 4.28. The summed E-state index contributed by atoms with van der Waals surface area (Å²) >= 11 is 0. The number of hydrogen-bond acceptors (Lipinski definition) is 4. The van der Waals surface area contributed by atoms with Crippen molar-refractivity contribution in [1.29, 1.82) is 0 Å². The van der Waals surface area contributed by atoms with Crippen molar-refractivity contribution in [2.24, 2.45) is 5.92 Å². The predicted molar refractivity (Wildman–Crippen MR) is 129 cm³/mol. The van der Waals surface area contributed by atoms with E-state index in [9.17, 15) is 5.11 Å². The van der Waals surface area contributed by atoms with Gasteiger partial charge in [0.1, 0.15) is 0 Å². The average Bonchev–Trinajstić information content (AvgIpc) is 2.76. The molecule has 2 rings (SSSR count). The summed E-state index contributed by atoms with van der Waals surface area (Å²) in [5.74, 6) is 0.655. The fourth-order valence-electron chi connectivity index (χ4n) is 3.62. The summed E-state index contributed by atoms with van der Waals surface area (Å²) in [6.07, 6.45) is 4.52. The lowest BCUT2D eigenvalue weighted by atomic mass is 9.93. The maximum atomic E-state index is 9.34. The zero-order chi connectivity index (χ0) is 22.8. The Morgan fingerprint density at radius 3 is 2.13 bits per heavy atom. The molecule has 0 saturated carbocycles. The van der Waals surface area contributed by atoms with Gasteiger partial charge < -0.3 is 5.11 Å². The summed E-state index contributed by atoms with van der Waals surface area (Å²) in [6.45, 7) is 19.0. The van der Waals surface area contributed by atoms with Gasteiger partial charge in [0, 0.05) is 23.6 Å². The van der Waals surface area contributed by atoms with Crippen molar-refractivity contribution in [3.8, 4) is 11.3 Å². The van der Waals surface area contributed by atoms with Crippen LogP contribution in [-0.2, 0) is 12.8 Å². The molecule has 0 bridgehead atoms. The van der Waals surface area contributed by atoms with Crippen molar-refractivity contribution in [3.63, 3.8) is 0 Å². The van der Waals surface area contributed by atoms with Crippen molar-refractivity contribution in [3.05, 3.63) is 46.7 Å². The van der Waals surface area contributed by atoms with Gasteiger partial charge in [-0.05, 0) is 62.7 Å². The Labute approximate surface area is 183 Å². The molecule has 1 N–H and O–H groups in total. The molecule has 1 atom stereocenters. The van der Waals surface area contributed by atoms with Crippen LogP contribution in [0.3, 0.4) is 0 Å². The number of aryl methyl sites for hydroxylation is 3. The van der Waals surface area contributed by atoms with Crippen molar-refractivity contribution >= 4 is 5.57 Å². The van der Waals surface area contributed by atoms with Gasteiger partial charge in [-0.1, -0.05) is 54.5 Å². The zero-order valence-electron chi connectivity index (χ0n) is 20.5. The Morgan fingerprint density at radius 1 is 1.00 bits per heavy atom. The predicted octanol–water partition coefficient (Wildman–Crippen LogP) is 6.54. The minimum atomic E-state index is 0.178. The number of nitrogens with zero attached hydrogens (tertiary/aromatic N) is 3. The fourth-order valence-corrected chi connectivity index (χ4v) is 3.62. The molecule has 2 aromatic rings. The molecule has 1 unspecified atom stereocenters. The van der Waals surface area contributed by atoms with Crippen LogP contribution in [0.2, 0.25) is 0 Å². The molecule has 0 aromatic carbocycles. The Bertz CT molecular complexity index is 840. The SMILES string of the molecule is C/C=C(\c1nc(CC)c(-c2ccc(C(C)C)nc2CC)nc1C)C(C)CCO.CC. The van der Waals surface area contributed by atoms with Gasteiger partial charge in [-0.15, -0.1) is 0 Å². The van der Waals surface area contributed by atoms with E-state index in [1.54, 1.807) is 0 Å². The maximum Gasteiger partial charge on any atom is 0.0939 e. The van der Waals surface area contributed by atoms with Crippen LogP contribution >= 0.6 is 0 Å². The largest absolute Gasteiger partial charge is 0.396 e. The van der Waals surface area contributed by atoms with E-state index in [2.05, 4.69) is 52.8 Å². The number of hydrogen-bond donors (Lipinski definition) is 1. The maximum absolute atomic E-state index is 9.34. The molecule has 0 aliphatic heterocycles. The second kappa shape index (κ2) is 12.6. The van der Waals surface area contributed by atoms with E-state index in [-0.39, 0.29) is 12.5 Å². The molecular formula is C26H41N3O. The van der Waals surface area contributed by atoms with Crippen LogP contribution in [0.15, 0.2) is 18.2 Å². The van der Waals surface area contributed by atoms with Crippen molar-refractivity contribution in [1.82, 2.24) is 15.0 Å². The first-order chi connectivity index (χ1) is 14.4. The van der Waals surface area contributed by atoms with Crippen LogP contribution in [0.4, 0.5) is 0 Å². The summed E-state index contributed by atoms with van der Waals surface area (Å²) in [7, 11) is 0. The average molecular weight is 412 g/mol. The summed E-state index contributed by atoms with van der Waals surface area (Å²) in [4.78, 5) is 14.9. The molecule has 4 heteroatoms. The zero-order valence-corrected chi connectivity index (χ0v) is 20.5. The summed E-state index contributed by atoms with van der Waals surface area (Å²) in [5.41, 5.74) is 8.30. The lowest BCUT2D eigenvalue weighted by Gasteiger charge is -2.19. The van der Waals surface area contributed by atoms with Gasteiger partial charge in [0.2, 0.25) is 0 Å². The van der Waals surface area contributed by atoms with Crippen molar-refractivity contribution in [2.75, 3.05) is 6.61 Å². The molecule has 0 aliphatic carbocycles. The molecule has 0 radical (unpaired) electrons. The third-order valence-corrected chi connectivity index (χ3v) is 5.33. The lowest BCUT2D eigenvalue weighted by molar-refractivity contribution is 0.275. The molecule has 0 fully saturated rings. The van der Waals surface area contributed by atoms with E-state index in [1.165, 1.54) is 0 Å². The number of aliphatic hydroxyl groups is 1. The highest BCUT2D eigenvalue weighted by Gasteiger charge is 2.20. The van der Waals surface area contributed by atoms with Gasteiger partial charge in [-0.3, -0.25) is 4.98 Å². The number of allylic oxidation sites excluding steroid dienone is 2. The van der Waals surface area contributed by atoms with Crippen molar-refractivity contribution in [2.45, 2.75) is 87.5 Å². The number of aromatic nitrogens is 3. The first-order valence-electron chi connectivity index (χ1n) is 11.5. The number of rotatable bonds is 8. The Kier molecular flexibility index (Phi) is 10.9. The molecular weight excluding hydrogens is 370 g/mol. The number of pyridine rings is 1. The second-order valence-corrected chi connectivity index (χ2v) is 7.70. The summed E-state index contributed by atoms with van der Waals surface area (Å²) in [5, 5.41) is 9.34. The van der Waals surface area contributed by atoms with Gasteiger partial charge in [0.15, 0.2) is 0 Å².